The van der Waals surface area contributed by atoms with Gasteiger partial charge in [-0.15, -0.1) is 0 Å². The molecule has 0 radical (unpaired) electrons. The number of rotatable bonds is 8. The average molecular weight is 402 g/mol. The van der Waals surface area contributed by atoms with Crippen molar-refractivity contribution >= 4 is 0 Å². The maximum Gasteiger partial charge on any atom is 0.119 e. The van der Waals surface area contributed by atoms with E-state index in [0.717, 1.165) is 24.6 Å². The largest absolute Gasteiger partial charge is 0.491 e. The van der Waals surface area contributed by atoms with E-state index < -0.39 is 0 Å². The predicted octanol–water partition coefficient (Wildman–Crippen LogP) is 6.39. The summed E-state index contributed by atoms with van der Waals surface area (Å²) in [6.45, 7) is 6.83. The fourth-order valence-corrected chi connectivity index (χ4v) is 4.10. The molecule has 0 N–H and O–H groups in total. The van der Waals surface area contributed by atoms with Gasteiger partial charge < -0.3 is 9.47 Å². The van der Waals surface area contributed by atoms with Crippen molar-refractivity contribution in [3.63, 3.8) is 0 Å². The first-order valence-electron chi connectivity index (χ1n) is 10.9. The van der Waals surface area contributed by atoms with Gasteiger partial charge in [-0.2, -0.15) is 0 Å². The van der Waals surface area contributed by atoms with Crippen LogP contribution in [0, 0.1) is 0 Å². The molecular weight excluding hydrogens is 370 g/mol. The van der Waals surface area contributed by atoms with E-state index in [0.29, 0.717) is 12.6 Å². The Bertz CT molecular complexity index is 904. The maximum atomic E-state index is 5.95. The minimum absolute atomic E-state index is 0.207. The zero-order valence-corrected chi connectivity index (χ0v) is 18.0. The topological polar surface area (TPSA) is 21.7 Å². The molecule has 1 saturated heterocycles. The molecule has 1 fully saturated rings. The SMILES string of the molecule is CC(C)Oc1ccc(CN2CCCC2c2ccc(OCc3ccccc3)cc2)cc1. The van der Waals surface area contributed by atoms with Crippen molar-refractivity contribution in [2.75, 3.05) is 6.54 Å². The van der Waals surface area contributed by atoms with Crippen LogP contribution in [0.4, 0.5) is 0 Å². The molecule has 30 heavy (non-hydrogen) atoms. The van der Waals surface area contributed by atoms with E-state index in [9.17, 15) is 0 Å². The lowest BCUT2D eigenvalue weighted by atomic mass is 10.0. The summed E-state index contributed by atoms with van der Waals surface area (Å²) in [7, 11) is 0. The van der Waals surface area contributed by atoms with Gasteiger partial charge in [-0.25, -0.2) is 0 Å². The van der Waals surface area contributed by atoms with Crippen molar-refractivity contribution in [2.45, 2.75) is 52.0 Å². The fourth-order valence-electron chi connectivity index (χ4n) is 4.10. The summed E-state index contributed by atoms with van der Waals surface area (Å²) >= 11 is 0. The fraction of sp³-hybridized carbons (Fsp3) is 0.333. The van der Waals surface area contributed by atoms with E-state index in [4.69, 9.17) is 9.47 Å². The highest BCUT2D eigenvalue weighted by Crippen LogP contribution is 2.34. The van der Waals surface area contributed by atoms with Gasteiger partial charge >= 0.3 is 0 Å². The van der Waals surface area contributed by atoms with Gasteiger partial charge in [0.2, 0.25) is 0 Å². The molecule has 4 rings (SSSR count). The van der Waals surface area contributed by atoms with Gasteiger partial charge in [-0.3, -0.25) is 4.90 Å². The molecule has 3 aromatic rings. The zero-order valence-electron chi connectivity index (χ0n) is 18.0. The third kappa shape index (κ3) is 5.43. The molecule has 1 heterocycles. The van der Waals surface area contributed by atoms with E-state index >= 15 is 0 Å². The van der Waals surface area contributed by atoms with Crippen LogP contribution < -0.4 is 9.47 Å². The van der Waals surface area contributed by atoms with E-state index in [1.54, 1.807) is 0 Å². The van der Waals surface area contributed by atoms with Gasteiger partial charge in [-0.05, 0) is 74.2 Å². The van der Waals surface area contributed by atoms with Crippen LogP contribution in [0.1, 0.15) is 49.4 Å². The molecule has 3 nitrogen and oxygen atoms in total. The van der Waals surface area contributed by atoms with Crippen LogP contribution in [-0.4, -0.2) is 17.5 Å². The van der Waals surface area contributed by atoms with Crippen LogP contribution in [0.25, 0.3) is 0 Å². The second-order valence-corrected chi connectivity index (χ2v) is 8.28. The Kier molecular flexibility index (Phi) is 6.70. The molecule has 1 unspecified atom stereocenters. The first kappa shape index (κ1) is 20.5. The monoisotopic (exact) mass is 401 g/mol. The number of nitrogens with zero attached hydrogens (tertiary/aromatic N) is 1. The Labute approximate surface area is 180 Å². The molecule has 1 aliphatic heterocycles. The second kappa shape index (κ2) is 9.82. The first-order chi connectivity index (χ1) is 14.7. The zero-order chi connectivity index (χ0) is 20.8. The molecule has 0 saturated carbocycles. The smallest absolute Gasteiger partial charge is 0.119 e. The third-order valence-corrected chi connectivity index (χ3v) is 5.56. The third-order valence-electron chi connectivity index (χ3n) is 5.56. The minimum atomic E-state index is 0.207. The van der Waals surface area contributed by atoms with Gasteiger partial charge in [0, 0.05) is 12.6 Å². The summed E-state index contributed by atoms with van der Waals surface area (Å²) in [6, 6.07) is 28.0. The molecule has 0 aromatic heterocycles. The molecule has 3 aromatic carbocycles. The van der Waals surface area contributed by atoms with Crippen molar-refractivity contribution in [3.8, 4) is 11.5 Å². The van der Waals surface area contributed by atoms with Gasteiger partial charge in [0.25, 0.3) is 0 Å². The molecule has 3 heteroatoms. The van der Waals surface area contributed by atoms with Gasteiger partial charge in [-0.1, -0.05) is 54.6 Å². The van der Waals surface area contributed by atoms with Gasteiger partial charge in [0.15, 0.2) is 0 Å². The molecule has 156 valence electrons. The lowest BCUT2D eigenvalue weighted by Gasteiger charge is -2.25. The van der Waals surface area contributed by atoms with Gasteiger partial charge in [0.1, 0.15) is 18.1 Å². The molecular formula is C27H31NO2. The number of ether oxygens (including phenoxy) is 2. The van der Waals surface area contributed by atoms with Gasteiger partial charge in [0.05, 0.1) is 6.10 Å². The van der Waals surface area contributed by atoms with Crippen LogP contribution in [0.5, 0.6) is 11.5 Å². The molecule has 0 aliphatic carbocycles. The Morgan fingerprint density at radius 3 is 2.23 bits per heavy atom. The Hall–Kier alpha value is -2.78. The van der Waals surface area contributed by atoms with Crippen LogP contribution in [0.2, 0.25) is 0 Å². The predicted molar refractivity (Wildman–Crippen MR) is 122 cm³/mol. The maximum absolute atomic E-state index is 5.95. The summed E-state index contributed by atoms with van der Waals surface area (Å²) in [5.74, 6) is 1.87. The molecule has 0 bridgehead atoms. The number of hydrogen-bond acceptors (Lipinski definition) is 3. The van der Waals surface area contributed by atoms with E-state index in [1.807, 2.05) is 18.2 Å². The van der Waals surface area contributed by atoms with Crippen molar-refractivity contribution in [1.82, 2.24) is 4.90 Å². The summed E-state index contributed by atoms with van der Waals surface area (Å²) in [6.07, 6.45) is 2.66. The van der Waals surface area contributed by atoms with E-state index in [1.165, 1.54) is 29.5 Å². The highest BCUT2D eigenvalue weighted by atomic mass is 16.5. The highest BCUT2D eigenvalue weighted by Gasteiger charge is 2.25. The lowest BCUT2D eigenvalue weighted by molar-refractivity contribution is 0.240. The normalized spacial score (nSPS) is 16.7. The molecule has 1 atom stereocenters. The quantitative estimate of drug-likeness (QED) is 0.436. The summed E-state index contributed by atoms with van der Waals surface area (Å²) in [4.78, 5) is 2.58. The van der Waals surface area contributed by atoms with Crippen molar-refractivity contribution in [3.05, 3.63) is 95.6 Å². The summed E-state index contributed by atoms with van der Waals surface area (Å²) in [5, 5.41) is 0. The van der Waals surface area contributed by atoms with Crippen molar-refractivity contribution in [1.29, 1.82) is 0 Å². The van der Waals surface area contributed by atoms with Crippen LogP contribution >= 0.6 is 0 Å². The highest BCUT2D eigenvalue weighted by molar-refractivity contribution is 5.31. The number of benzene rings is 3. The minimum Gasteiger partial charge on any atom is -0.491 e. The molecule has 1 aliphatic rings. The van der Waals surface area contributed by atoms with Crippen molar-refractivity contribution < 1.29 is 9.47 Å². The van der Waals surface area contributed by atoms with E-state index in [2.05, 4.69) is 79.4 Å². The standard InChI is InChI=1S/C27H31NO2/c1-21(2)30-26-14-10-22(11-15-26)19-28-18-6-9-27(28)24-12-16-25(17-13-24)29-20-23-7-4-3-5-8-23/h3-5,7-8,10-17,21,27H,6,9,18-20H2,1-2H3. The van der Waals surface area contributed by atoms with Crippen LogP contribution in [0.3, 0.4) is 0 Å². The Morgan fingerprint density at radius 2 is 1.53 bits per heavy atom. The first-order valence-corrected chi connectivity index (χ1v) is 10.9. The van der Waals surface area contributed by atoms with Crippen LogP contribution in [0.15, 0.2) is 78.9 Å². The second-order valence-electron chi connectivity index (χ2n) is 8.28. The summed E-state index contributed by atoms with van der Waals surface area (Å²) < 4.78 is 11.7. The molecule has 0 amide bonds. The van der Waals surface area contributed by atoms with E-state index in [-0.39, 0.29) is 6.10 Å². The number of likely N-dealkylation sites (tertiary alicyclic amines) is 1. The van der Waals surface area contributed by atoms with Crippen LogP contribution in [-0.2, 0) is 13.2 Å². The average Bonchev–Trinajstić information content (AvgIpc) is 3.22. The Balaban J connectivity index is 1.36. The van der Waals surface area contributed by atoms with Crippen molar-refractivity contribution in [2.24, 2.45) is 0 Å². The lowest BCUT2D eigenvalue weighted by Crippen LogP contribution is -2.22. The molecule has 0 spiro atoms. The number of hydrogen-bond donors (Lipinski definition) is 0. The Morgan fingerprint density at radius 1 is 0.833 bits per heavy atom. The summed E-state index contributed by atoms with van der Waals surface area (Å²) in [5.41, 5.74) is 3.90.